The molecule has 0 spiro atoms. The zero-order chi connectivity index (χ0) is 23.3. The van der Waals surface area contributed by atoms with Crippen LogP contribution in [0.5, 0.6) is 0 Å². The highest BCUT2D eigenvalue weighted by Gasteiger charge is 2.32. The first-order valence-corrected chi connectivity index (χ1v) is 11.5. The molecule has 6 heteroatoms. The highest BCUT2D eigenvalue weighted by molar-refractivity contribution is 6.10. The number of amides is 2. The lowest BCUT2D eigenvalue weighted by Gasteiger charge is -2.36. The van der Waals surface area contributed by atoms with Gasteiger partial charge in [-0.05, 0) is 43.5 Å². The van der Waals surface area contributed by atoms with E-state index in [0.29, 0.717) is 6.54 Å². The zero-order valence-electron chi connectivity index (χ0n) is 19.6. The van der Waals surface area contributed by atoms with E-state index < -0.39 is 0 Å². The van der Waals surface area contributed by atoms with Gasteiger partial charge < -0.3 is 4.90 Å². The largest absolute Gasteiger partial charge is 0.328 e. The van der Waals surface area contributed by atoms with Crippen molar-refractivity contribution in [2.45, 2.75) is 52.9 Å². The van der Waals surface area contributed by atoms with Gasteiger partial charge in [-0.1, -0.05) is 63.1 Å². The van der Waals surface area contributed by atoms with Crippen LogP contribution in [0.25, 0.3) is 0 Å². The monoisotopic (exact) mass is 433 g/mol. The summed E-state index contributed by atoms with van der Waals surface area (Å²) in [6, 6.07) is 15.6. The van der Waals surface area contributed by atoms with Crippen molar-refractivity contribution >= 4 is 23.2 Å². The number of carbonyl (C=O) groups excluding carboxylic acids is 1. The number of nitrogens with one attached hydrogen (secondary N) is 1. The summed E-state index contributed by atoms with van der Waals surface area (Å²) in [5.41, 5.74) is 4.49. The normalized spacial score (nSPS) is 15.1. The molecule has 1 unspecified atom stereocenters. The fraction of sp³-hybridized carbons (Fsp3) is 0.385. The molecule has 3 N–H and O–H groups in total. The van der Waals surface area contributed by atoms with Crippen molar-refractivity contribution < 1.29 is 4.79 Å². The summed E-state index contributed by atoms with van der Waals surface area (Å²) in [7, 11) is 0. The van der Waals surface area contributed by atoms with Gasteiger partial charge in [0.1, 0.15) is 5.84 Å². The Morgan fingerprint density at radius 2 is 1.81 bits per heavy atom. The highest BCUT2D eigenvalue weighted by atomic mass is 16.2. The SMILES string of the molecule is CCCCN(CCC)C(=O)N1C=C(C(=N)N(N)c2ccccc2)C(C)c2cc(C)ccc21. The zero-order valence-corrected chi connectivity index (χ0v) is 19.6. The van der Waals surface area contributed by atoms with E-state index in [2.05, 4.69) is 26.8 Å². The van der Waals surface area contributed by atoms with Crippen LogP contribution < -0.4 is 15.8 Å². The van der Waals surface area contributed by atoms with E-state index in [1.165, 1.54) is 5.01 Å². The van der Waals surface area contributed by atoms with Crippen LogP contribution >= 0.6 is 0 Å². The average molecular weight is 434 g/mol. The molecule has 2 aromatic rings. The van der Waals surface area contributed by atoms with Crippen molar-refractivity contribution in [3.63, 3.8) is 0 Å². The van der Waals surface area contributed by atoms with Crippen molar-refractivity contribution in [3.8, 4) is 0 Å². The summed E-state index contributed by atoms with van der Waals surface area (Å²) < 4.78 is 0. The number of amidine groups is 1. The first-order valence-electron chi connectivity index (χ1n) is 11.5. The van der Waals surface area contributed by atoms with Gasteiger partial charge in [0, 0.05) is 30.8 Å². The Kier molecular flexibility index (Phi) is 7.70. The van der Waals surface area contributed by atoms with E-state index in [0.717, 1.165) is 53.9 Å². The summed E-state index contributed by atoms with van der Waals surface area (Å²) in [6.45, 7) is 9.77. The third-order valence-corrected chi connectivity index (χ3v) is 5.94. The molecule has 1 aliphatic rings. The van der Waals surface area contributed by atoms with Crippen LogP contribution in [0.1, 0.15) is 57.1 Å². The number of carbonyl (C=O) groups is 1. The molecule has 170 valence electrons. The Labute approximate surface area is 191 Å². The lowest BCUT2D eigenvalue weighted by atomic mass is 9.87. The van der Waals surface area contributed by atoms with Crippen LogP contribution in [-0.4, -0.2) is 29.9 Å². The van der Waals surface area contributed by atoms with Crippen LogP contribution in [0.15, 0.2) is 60.3 Å². The molecule has 1 atom stereocenters. The van der Waals surface area contributed by atoms with Gasteiger partial charge in [0.25, 0.3) is 0 Å². The number of anilines is 2. The number of aryl methyl sites for hydroxylation is 1. The number of unbranched alkanes of at least 4 members (excludes halogenated alkanes) is 1. The molecule has 0 saturated carbocycles. The number of urea groups is 1. The summed E-state index contributed by atoms with van der Waals surface area (Å²) in [5.74, 6) is 6.45. The number of hydrazine groups is 1. The second kappa shape index (κ2) is 10.5. The molecule has 0 aromatic heterocycles. The van der Waals surface area contributed by atoms with Gasteiger partial charge in [0.05, 0.1) is 11.4 Å². The third kappa shape index (κ3) is 4.86. The molecular weight excluding hydrogens is 398 g/mol. The number of para-hydroxylation sites is 1. The number of hydrogen-bond donors (Lipinski definition) is 2. The maximum atomic E-state index is 13.6. The van der Waals surface area contributed by atoms with Crippen molar-refractivity contribution in [2.24, 2.45) is 5.84 Å². The molecule has 0 saturated heterocycles. The van der Waals surface area contributed by atoms with Gasteiger partial charge in [-0.2, -0.15) is 0 Å². The number of benzene rings is 2. The molecule has 0 radical (unpaired) electrons. The minimum atomic E-state index is -0.0634. The molecule has 1 aliphatic heterocycles. The predicted molar refractivity (Wildman–Crippen MR) is 133 cm³/mol. The molecule has 2 aromatic carbocycles. The standard InChI is InChI=1S/C26H35N5O/c1-5-7-16-29(15-6-2)26(32)30-18-23(20(4)22-17-19(3)13-14-24(22)30)25(27)31(28)21-11-9-8-10-12-21/h8-14,17-18,20,27H,5-7,15-16,28H2,1-4H3. The van der Waals surface area contributed by atoms with Gasteiger partial charge in [-0.15, -0.1) is 0 Å². The highest BCUT2D eigenvalue weighted by Crippen LogP contribution is 2.39. The number of nitrogens with zero attached hydrogens (tertiary/aromatic N) is 3. The maximum Gasteiger partial charge on any atom is 0.328 e. The minimum absolute atomic E-state index is 0.0501. The average Bonchev–Trinajstić information content (AvgIpc) is 2.81. The molecule has 0 bridgehead atoms. The van der Waals surface area contributed by atoms with E-state index >= 15 is 0 Å². The number of nitrogens with two attached hydrogens (primary N) is 1. The Balaban J connectivity index is 2.03. The second-order valence-corrected chi connectivity index (χ2v) is 8.42. The topological polar surface area (TPSA) is 76.7 Å². The van der Waals surface area contributed by atoms with Crippen molar-refractivity contribution in [2.75, 3.05) is 23.0 Å². The van der Waals surface area contributed by atoms with Crippen molar-refractivity contribution in [3.05, 3.63) is 71.4 Å². The van der Waals surface area contributed by atoms with E-state index in [9.17, 15) is 4.79 Å². The quantitative estimate of drug-likeness (QED) is 0.251. The summed E-state index contributed by atoms with van der Waals surface area (Å²) in [4.78, 5) is 17.3. The predicted octanol–water partition coefficient (Wildman–Crippen LogP) is 5.79. The van der Waals surface area contributed by atoms with E-state index in [1.54, 1.807) is 4.90 Å². The van der Waals surface area contributed by atoms with Gasteiger partial charge in [-0.3, -0.25) is 15.3 Å². The molecule has 0 fully saturated rings. The summed E-state index contributed by atoms with van der Waals surface area (Å²) in [5, 5.41) is 10.2. The van der Waals surface area contributed by atoms with Crippen LogP contribution in [0.4, 0.5) is 16.2 Å². The van der Waals surface area contributed by atoms with Gasteiger partial charge >= 0.3 is 6.03 Å². The molecule has 32 heavy (non-hydrogen) atoms. The molecule has 1 heterocycles. The van der Waals surface area contributed by atoms with Gasteiger partial charge in [0.15, 0.2) is 0 Å². The molecule has 6 nitrogen and oxygen atoms in total. The van der Waals surface area contributed by atoms with Crippen LogP contribution in [0.2, 0.25) is 0 Å². The Morgan fingerprint density at radius 1 is 1.09 bits per heavy atom. The lowest BCUT2D eigenvalue weighted by molar-refractivity contribution is 0.205. The van der Waals surface area contributed by atoms with E-state index in [1.807, 2.05) is 60.5 Å². The fourth-order valence-electron chi connectivity index (χ4n) is 4.08. The van der Waals surface area contributed by atoms with Gasteiger partial charge in [0.2, 0.25) is 0 Å². The Hall–Kier alpha value is -3.12. The molecule has 2 amide bonds. The number of hydrogen-bond acceptors (Lipinski definition) is 3. The molecule has 0 aliphatic carbocycles. The third-order valence-electron chi connectivity index (χ3n) is 5.94. The van der Waals surface area contributed by atoms with E-state index in [-0.39, 0.29) is 17.8 Å². The first-order chi connectivity index (χ1) is 15.4. The van der Waals surface area contributed by atoms with Crippen LogP contribution in [0.3, 0.4) is 0 Å². The lowest BCUT2D eigenvalue weighted by Crippen LogP contribution is -2.45. The van der Waals surface area contributed by atoms with Crippen molar-refractivity contribution in [1.29, 1.82) is 5.41 Å². The smallest absolute Gasteiger partial charge is 0.324 e. The van der Waals surface area contributed by atoms with Crippen LogP contribution in [-0.2, 0) is 0 Å². The minimum Gasteiger partial charge on any atom is -0.324 e. The molecular formula is C26H35N5O. The molecule has 3 rings (SSSR count). The fourth-order valence-corrected chi connectivity index (χ4v) is 4.08. The van der Waals surface area contributed by atoms with E-state index in [4.69, 9.17) is 11.3 Å². The summed E-state index contributed by atoms with van der Waals surface area (Å²) >= 11 is 0. The van der Waals surface area contributed by atoms with Gasteiger partial charge in [-0.25, -0.2) is 10.6 Å². The maximum absolute atomic E-state index is 13.6. The Morgan fingerprint density at radius 3 is 2.47 bits per heavy atom. The second-order valence-electron chi connectivity index (χ2n) is 8.42. The number of fused-ring (bicyclic) bond motifs is 1. The Bertz CT molecular complexity index is 985. The number of rotatable bonds is 7. The van der Waals surface area contributed by atoms with Crippen molar-refractivity contribution in [1.82, 2.24) is 4.90 Å². The summed E-state index contributed by atoms with van der Waals surface area (Å²) in [6.07, 6.45) is 4.71. The first kappa shape index (κ1) is 23.5. The van der Waals surface area contributed by atoms with Crippen LogP contribution in [0, 0.1) is 12.3 Å².